The third kappa shape index (κ3) is 5.04. The molecule has 3 aromatic rings. The fraction of sp³-hybridized carbons (Fsp3) is 0.346. The molecule has 0 atom stereocenters. The molecule has 0 unspecified atom stereocenters. The van der Waals surface area contributed by atoms with Crippen molar-refractivity contribution in [1.29, 1.82) is 0 Å². The van der Waals surface area contributed by atoms with E-state index in [1.165, 1.54) is 34.7 Å². The van der Waals surface area contributed by atoms with Crippen molar-refractivity contribution in [3.05, 3.63) is 83.9 Å². The van der Waals surface area contributed by atoms with Gasteiger partial charge in [0.05, 0.1) is 0 Å². The lowest BCUT2D eigenvalue weighted by atomic mass is 10.0. The Hall–Kier alpha value is -2.65. The highest BCUT2D eigenvalue weighted by atomic mass is 16.2. The molecule has 0 radical (unpaired) electrons. The van der Waals surface area contributed by atoms with Gasteiger partial charge >= 0.3 is 0 Å². The van der Waals surface area contributed by atoms with Gasteiger partial charge in [-0.15, -0.1) is 0 Å². The predicted octanol–water partition coefficient (Wildman–Crippen LogP) is 5.24. The van der Waals surface area contributed by atoms with E-state index < -0.39 is 0 Å². The van der Waals surface area contributed by atoms with Crippen LogP contribution in [0.2, 0.25) is 0 Å². The molecular formula is C26H30N2O. The molecule has 150 valence electrons. The molecule has 1 aliphatic carbocycles. The monoisotopic (exact) mass is 386 g/mol. The zero-order valence-electron chi connectivity index (χ0n) is 17.3. The van der Waals surface area contributed by atoms with Crippen LogP contribution in [0.1, 0.15) is 37.3 Å². The Morgan fingerprint density at radius 3 is 2.38 bits per heavy atom. The minimum Gasteiger partial charge on any atom is -0.339 e. The lowest BCUT2D eigenvalue weighted by Gasteiger charge is -2.25. The summed E-state index contributed by atoms with van der Waals surface area (Å²) in [6, 6.07) is 26.0. The van der Waals surface area contributed by atoms with Crippen molar-refractivity contribution >= 4 is 16.7 Å². The molecule has 1 saturated carbocycles. The topological polar surface area (TPSA) is 23.6 Å². The van der Waals surface area contributed by atoms with Crippen LogP contribution in [0.25, 0.3) is 10.8 Å². The van der Waals surface area contributed by atoms with Gasteiger partial charge in [-0.05, 0) is 41.7 Å². The number of carbonyl (C=O) groups is 1. The van der Waals surface area contributed by atoms with E-state index in [0.717, 1.165) is 19.6 Å². The van der Waals surface area contributed by atoms with Crippen LogP contribution < -0.4 is 0 Å². The average molecular weight is 387 g/mol. The molecule has 3 nitrogen and oxygen atoms in total. The number of hydrogen-bond acceptors (Lipinski definition) is 2. The van der Waals surface area contributed by atoms with Crippen molar-refractivity contribution in [3.8, 4) is 0 Å². The van der Waals surface area contributed by atoms with Crippen LogP contribution in [-0.2, 0) is 17.9 Å². The van der Waals surface area contributed by atoms with E-state index in [4.69, 9.17) is 0 Å². The van der Waals surface area contributed by atoms with Crippen molar-refractivity contribution in [2.24, 2.45) is 0 Å². The number of benzene rings is 3. The second kappa shape index (κ2) is 9.23. The normalized spacial score (nSPS) is 13.7. The first-order valence-corrected chi connectivity index (χ1v) is 10.8. The fourth-order valence-corrected chi connectivity index (χ4v) is 4.06. The van der Waals surface area contributed by atoms with E-state index in [2.05, 4.69) is 66.4 Å². The standard InChI is InChI=1S/C26H30N2O/c1-2-27(19-21-9-4-3-5-10-21)26(29)17-18-28(24-15-16-24)20-23-13-8-12-22-11-6-7-14-25(22)23/h3-14,24H,2,15-20H2,1H3. The molecule has 1 aliphatic rings. The van der Waals surface area contributed by atoms with Crippen LogP contribution in [0.4, 0.5) is 0 Å². The summed E-state index contributed by atoms with van der Waals surface area (Å²) in [5.41, 5.74) is 2.55. The van der Waals surface area contributed by atoms with E-state index in [0.29, 0.717) is 19.0 Å². The first-order valence-electron chi connectivity index (χ1n) is 10.8. The largest absolute Gasteiger partial charge is 0.339 e. The van der Waals surface area contributed by atoms with Crippen molar-refractivity contribution in [1.82, 2.24) is 9.80 Å². The second-order valence-electron chi connectivity index (χ2n) is 7.98. The molecule has 0 bridgehead atoms. The Morgan fingerprint density at radius 1 is 0.897 bits per heavy atom. The summed E-state index contributed by atoms with van der Waals surface area (Å²) >= 11 is 0. The third-order valence-corrected chi connectivity index (χ3v) is 5.88. The Labute approximate surface area is 173 Å². The molecule has 29 heavy (non-hydrogen) atoms. The highest BCUT2D eigenvalue weighted by molar-refractivity contribution is 5.85. The summed E-state index contributed by atoms with van der Waals surface area (Å²) in [4.78, 5) is 17.4. The van der Waals surface area contributed by atoms with Crippen molar-refractivity contribution < 1.29 is 4.79 Å². The molecule has 0 saturated heterocycles. The SMILES string of the molecule is CCN(Cc1ccccc1)C(=O)CCN(Cc1cccc2ccccc12)C1CC1. The smallest absolute Gasteiger partial charge is 0.224 e. The number of fused-ring (bicyclic) bond motifs is 1. The van der Waals surface area contributed by atoms with Gasteiger partial charge in [0.2, 0.25) is 5.91 Å². The van der Waals surface area contributed by atoms with Crippen molar-refractivity contribution in [3.63, 3.8) is 0 Å². The summed E-state index contributed by atoms with van der Waals surface area (Å²) in [6.07, 6.45) is 3.09. The maximum atomic E-state index is 12.9. The van der Waals surface area contributed by atoms with E-state index in [9.17, 15) is 4.79 Å². The van der Waals surface area contributed by atoms with Gasteiger partial charge in [0.1, 0.15) is 0 Å². The summed E-state index contributed by atoms with van der Waals surface area (Å²) in [6.45, 7) is 5.27. The highest BCUT2D eigenvalue weighted by Gasteiger charge is 2.29. The number of rotatable bonds is 9. The molecule has 1 amide bonds. The van der Waals surface area contributed by atoms with Crippen LogP contribution in [0.5, 0.6) is 0 Å². The van der Waals surface area contributed by atoms with E-state index in [1.54, 1.807) is 0 Å². The van der Waals surface area contributed by atoms with Gasteiger partial charge < -0.3 is 4.90 Å². The van der Waals surface area contributed by atoms with Gasteiger partial charge in [-0.25, -0.2) is 0 Å². The first kappa shape index (κ1) is 19.7. The molecule has 3 heteroatoms. The van der Waals surface area contributed by atoms with Crippen LogP contribution in [-0.4, -0.2) is 34.8 Å². The molecule has 0 spiro atoms. The Morgan fingerprint density at radius 2 is 1.62 bits per heavy atom. The Balaban J connectivity index is 1.40. The number of nitrogens with zero attached hydrogens (tertiary/aromatic N) is 2. The molecule has 3 aromatic carbocycles. The third-order valence-electron chi connectivity index (χ3n) is 5.88. The lowest BCUT2D eigenvalue weighted by Crippen LogP contribution is -2.35. The maximum absolute atomic E-state index is 12.9. The van der Waals surface area contributed by atoms with Crippen molar-refractivity contribution in [2.45, 2.75) is 45.3 Å². The Bertz CT molecular complexity index is 944. The number of amides is 1. The van der Waals surface area contributed by atoms with E-state index >= 15 is 0 Å². The number of carbonyl (C=O) groups excluding carboxylic acids is 1. The summed E-state index contributed by atoms with van der Waals surface area (Å²) in [5, 5.41) is 2.61. The van der Waals surface area contributed by atoms with Crippen LogP contribution >= 0.6 is 0 Å². The van der Waals surface area contributed by atoms with Gasteiger partial charge in [-0.2, -0.15) is 0 Å². The Kier molecular flexibility index (Phi) is 6.26. The zero-order chi connectivity index (χ0) is 20.1. The zero-order valence-corrected chi connectivity index (χ0v) is 17.3. The maximum Gasteiger partial charge on any atom is 0.224 e. The molecule has 0 N–H and O–H groups in total. The summed E-state index contributed by atoms with van der Waals surface area (Å²) in [7, 11) is 0. The van der Waals surface area contributed by atoms with Gasteiger partial charge in [0, 0.05) is 38.6 Å². The molecule has 1 fully saturated rings. The average Bonchev–Trinajstić information content (AvgIpc) is 3.61. The van der Waals surface area contributed by atoms with Crippen LogP contribution in [0.15, 0.2) is 72.8 Å². The van der Waals surface area contributed by atoms with Gasteiger partial charge in [0.25, 0.3) is 0 Å². The summed E-state index contributed by atoms with van der Waals surface area (Å²) < 4.78 is 0. The predicted molar refractivity (Wildman–Crippen MR) is 120 cm³/mol. The van der Waals surface area contributed by atoms with Crippen molar-refractivity contribution in [2.75, 3.05) is 13.1 Å². The quantitative estimate of drug-likeness (QED) is 0.502. The molecule has 4 rings (SSSR count). The van der Waals surface area contributed by atoms with Gasteiger partial charge in [0.15, 0.2) is 0 Å². The fourth-order valence-electron chi connectivity index (χ4n) is 4.06. The van der Waals surface area contributed by atoms with Crippen LogP contribution in [0.3, 0.4) is 0 Å². The lowest BCUT2D eigenvalue weighted by molar-refractivity contribution is -0.132. The second-order valence-corrected chi connectivity index (χ2v) is 7.98. The summed E-state index contributed by atoms with van der Waals surface area (Å²) in [5.74, 6) is 0.250. The molecule has 0 aromatic heterocycles. The van der Waals surface area contributed by atoms with Gasteiger partial charge in [-0.3, -0.25) is 9.69 Å². The van der Waals surface area contributed by atoms with E-state index in [1.807, 2.05) is 23.1 Å². The first-order chi connectivity index (χ1) is 14.2. The minimum absolute atomic E-state index is 0.250. The minimum atomic E-state index is 0.250. The molecular weight excluding hydrogens is 356 g/mol. The van der Waals surface area contributed by atoms with E-state index in [-0.39, 0.29) is 5.91 Å². The molecule has 0 aliphatic heterocycles. The van der Waals surface area contributed by atoms with Crippen LogP contribution in [0, 0.1) is 0 Å². The highest BCUT2D eigenvalue weighted by Crippen LogP contribution is 2.30. The molecule has 0 heterocycles. The van der Waals surface area contributed by atoms with Gasteiger partial charge in [-0.1, -0.05) is 72.8 Å². The number of hydrogen-bond donors (Lipinski definition) is 0.